The van der Waals surface area contributed by atoms with Gasteiger partial charge in [0, 0.05) is 24.8 Å². The van der Waals surface area contributed by atoms with Gasteiger partial charge in [-0.25, -0.2) is 0 Å². The van der Waals surface area contributed by atoms with Gasteiger partial charge in [-0.05, 0) is 50.0 Å². The molecule has 1 fully saturated rings. The van der Waals surface area contributed by atoms with Crippen molar-refractivity contribution in [2.75, 3.05) is 32.0 Å². The van der Waals surface area contributed by atoms with Gasteiger partial charge in [0.15, 0.2) is 0 Å². The molecule has 0 aromatic heterocycles. The van der Waals surface area contributed by atoms with Crippen LogP contribution in [0.15, 0.2) is 24.3 Å². The van der Waals surface area contributed by atoms with E-state index in [1.807, 2.05) is 6.92 Å². The standard InChI is InChI=1S/C17H26N4O2/c1-12(21-8-7-17(2,10-18)11-21)15(22)20-14-6-4-5-13(9-14)16(23)19-3/h4-6,9,12H,7-8,10-11,18H2,1-3H3,(H,19,23)(H,20,22). The van der Waals surface area contributed by atoms with Gasteiger partial charge >= 0.3 is 0 Å². The second-order valence-electron chi connectivity index (χ2n) is 6.56. The van der Waals surface area contributed by atoms with Crippen molar-refractivity contribution in [1.82, 2.24) is 10.2 Å². The predicted molar refractivity (Wildman–Crippen MR) is 91.3 cm³/mol. The SMILES string of the molecule is CNC(=O)c1cccc(NC(=O)C(C)N2CCC(C)(CN)C2)c1. The summed E-state index contributed by atoms with van der Waals surface area (Å²) in [6.07, 6.45) is 1.01. The summed E-state index contributed by atoms with van der Waals surface area (Å²) in [5.41, 5.74) is 7.07. The third-order valence-electron chi connectivity index (χ3n) is 4.63. The quantitative estimate of drug-likeness (QED) is 0.757. The lowest BCUT2D eigenvalue weighted by atomic mass is 9.90. The van der Waals surface area contributed by atoms with Crippen molar-refractivity contribution in [3.63, 3.8) is 0 Å². The van der Waals surface area contributed by atoms with E-state index in [1.165, 1.54) is 0 Å². The molecule has 2 rings (SSSR count). The van der Waals surface area contributed by atoms with Crippen molar-refractivity contribution < 1.29 is 9.59 Å². The van der Waals surface area contributed by atoms with Crippen LogP contribution in [0.5, 0.6) is 0 Å². The van der Waals surface area contributed by atoms with E-state index >= 15 is 0 Å². The molecule has 2 atom stereocenters. The van der Waals surface area contributed by atoms with Crippen LogP contribution >= 0.6 is 0 Å². The van der Waals surface area contributed by atoms with Crippen LogP contribution in [-0.2, 0) is 4.79 Å². The lowest BCUT2D eigenvalue weighted by molar-refractivity contribution is -0.120. The van der Waals surface area contributed by atoms with Gasteiger partial charge in [0.1, 0.15) is 0 Å². The topological polar surface area (TPSA) is 87.5 Å². The van der Waals surface area contributed by atoms with Crippen molar-refractivity contribution in [3.05, 3.63) is 29.8 Å². The third kappa shape index (κ3) is 4.09. The van der Waals surface area contributed by atoms with Crippen LogP contribution < -0.4 is 16.4 Å². The average molecular weight is 318 g/mol. The summed E-state index contributed by atoms with van der Waals surface area (Å²) in [6, 6.07) is 6.70. The Labute approximate surface area is 137 Å². The van der Waals surface area contributed by atoms with Gasteiger partial charge < -0.3 is 16.4 Å². The minimum absolute atomic E-state index is 0.0691. The smallest absolute Gasteiger partial charge is 0.251 e. The number of nitrogens with zero attached hydrogens (tertiary/aromatic N) is 1. The minimum Gasteiger partial charge on any atom is -0.355 e. The maximum absolute atomic E-state index is 12.5. The predicted octanol–water partition coefficient (Wildman–Crippen LogP) is 1.04. The molecule has 1 heterocycles. The van der Waals surface area contributed by atoms with E-state index in [1.54, 1.807) is 31.3 Å². The maximum Gasteiger partial charge on any atom is 0.251 e. The van der Waals surface area contributed by atoms with Crippen molar-refractivity contribution >= 4 is 17.5 Å². The van der Waals surface area contributed by atoms with Gasteiger partial charge in [-0.2, -0.15) is 0 Å². The molecule has 6 heteroatoms. The number of carbonyl (C=O) groups is 2. The molecule has 6 nitrogen and oxygen atoms in total. The summed E-state index contributed by atoms with van der Waals surface area (Å²) in [5.74, 6) is -0.243. The Morgan fingerprint density at radius 2 is 2.17 bits per heavy atom. The maximum atomic E-state index is 12.5. The van der Waals surface area contributed by atoms with E-state index in [-0.39, 0.29) is 23.3 Å². The van der Waals surface area contributed by atoms with Gasteiger partial charge in [-0.3, -0.25) is 14.5 Å². The number of anilines is 1. The Bertz CT molecular complexity index is 590. The first kappa shape index (κ1) is 17.4. The molecular formula is C17H26N4O2. The van der Waals surface area contributed by atoms with Gasteiger partial charge in [0.25, 0.3) is 5.91 Å². The molecule has 23 heavy (non-hydrogen) atoms. The van der Waals surface area contributed by atoms with Gasteiger partial charge in [-0.15, -0.1) is 0 Å². The number of hydrogen-bond donors (Lipinski definition) is 3. The molecule has 4 N–H and O–H groups in total. The summed E-state index contributed by atoms with van der Waals surface area (Å²) < 4.78 is 0. The van der Waals surface area contributed by atoms with Gasteiger partial charge in [0.05, 0.1) is 6.04 Å². The zero-order valence-corrected chi connectivity index (χ0v) is 14.1. The Hall–Kier alpha value is -1.92. The highest BCUT2D eigenvalue weighted by atomic mass is 16.2. The van der Waals surface area contributed by atoms with E-state index in [2.05, 4.69) is 22.5 Å². The van der Waals surface area contributed by atoms with E-state index in [0.717, 1.165) is 19.5 Å². The van der Waals surface area contributed by atoms with Gasteiger partial charge in [0.2, 0.25) is 5.91 Å². The first-order valence-electron chi connectivity index (χ1n) is 7.96. The lowest BCUT2D eigenvalue weighted by Crippen LogP contribution is -2.42. The fourth-order valence-electron chi connectivity index (χ4n) is 2.85. The zero-order valence-electron chi connectivity index (χ0n) is 14.1. The van der Waals surface area contributed by atoms with E-state index in [9.17, 15) is 9.59 Å². The number of hydrogen-bond acceptors (Lipinski definition) is 4. The number of rotatable bonds is 5. The van der Waals surface area contributed by atoms with Gasteiger partial charge in [-0.1, -0.05) is 13.0 Å². The second-order valence-corrected chi connectivity index (χ2v) is 6.56. The van der Waals surface area contributed by atoms with Crippen LogP contribution in [0.3, 0.4) is 0 Å². The molecule has 1 aliphatic rings. The van der Waals surface area contributed by atoms with Crippen molar-refractivity contribution in [2.45, 2.75) is 26.3 Å². The lowest BCUT2D eigenvalue weighted by Gasteiger charge is -2.26. The monoisotopic (exact) mass is 318 g/mol. The van der Waals surface area contributed by atoms with Crippen molar-refractivity contribution in [1.29, 1.82) is 0 Å². The molecule has 0 bridgehead atoms. The number of amides is 2. The molecule has 1 aromatic rings. The Kier molecular flexibility index (Phi) is 5.38. The highest BCUT2D eigenvalue weighted by molar-refractivity contribution is 5.98. The summed E-state index contributed by atoms with van der Waals surface area (Å²) in [4.78, 5) is 26.3. The number of carbonyl (C=O) groups excluding carboxylic acids is 2. The normalized spacial score (nSPS) is 22.6. The molecule has 1 aliphatic heterocycles. The molecule has 0 spiro atoms. The van der Waals surface area contributed by atoms with Crippen LogP contribution in [0.25, 0.3) is 0 Å². The van der Waals surface area contributed by atoms with Crippen molar-refractivity contribution in [3.8, 4) is 0 Å². The molecule has 0 aliphatic carbocycles. The molecule has 0 radical (unpaired) electrons. The molecular weight excluding hydrogens is 292 g/mol. The first-order chi connectivity index (χ1) is 10.9. The summed E-state index contributed by atoms with van der Waals surface area (Å²) in [7, 11) is 1.58. The highest BCUT2D eigenvalue weighted by Gasteiger charge is 2.36. The van der Waals surface area contributed by atoms with Crippen LogP contribution in [0, 0.1) is 5.41 Å². The number of nitrogens with two attached hydrogens (primary N) is 1. The molecule has 0 saturated carbocycles. The molecule has 2 unspecified atom stereocenters. The summed E-state index contributed by atoms with van der Waals surface area (Å²) in [5, 5.41) is 5.46. The van der Waals surface area contributed by atoms with E-state index in [0.29, 0.717) is 17.8 Å². The third-order valence-corrected chi connectivity index (χ3v) is 4.63. The van der Waals surface area contributed by atoms with E-state index < -0.39 is 0 Å². The van der Waals surface area contributed by atoms with Crippen LogP contribution in [-0.4, -0.2) is 49.4 Å². The molecule has 1 saturated heterocycles. The number of nitrogens with one attached hydrogen (secondary N) is 2. The van der Waals surface area contributed by atoms with Crippen LogP contribution in [0.2, 0.25) is 0 Å². The van der Waals surface area contributed by atoms with E-state index in [4.69, 9.17) is 5.73 Å². The minimum atomic E-state index is -0.230. The largest absolute Gasteiger partial charge is 0.355 e. The Morgan fingerprint density at radius 3 is 2.78 bits per heavy atom. The summed E-state index contributed by atoms with van der Waals surface area (Å²) >= 11 is 0. The highest BCUT2D eigenvalue weighted by Crippen LogP contribution is 2.30. The number of benzene rings is 1. The molecule has 1 aromatic carbocycles. The second kappa shape index (κ2) is 7.10. The zero-order chi connectivity index (χ0) is 17.0. The Balaban J connectivity index is 2.00. The van der Waals surface area contributed by atoms with Crippen molar-refractivity contribution in [2.24, 2.45) is 11.1 Å². The first-order valence-corrected chi connectivity index (χ1v) is 7.96. The summed E-state index contributed by atoms with van der Waals surface area (Å²) in [6.45, 7) is 6.40. The molecule has 2 amide bonds. The fraction of sp³-hybridized carbons (Fsp3) is 0.529. The average Bonchev–Trinajstić information content (AvgIpc) is 2.96. The molecule has 126 valence electrons. The fourth-order valence-corrected chi connectivity index (χ4v) is 2.85. The van der Waals surface area contributed by atoms with Crippen LogP contribution in [0.4, 0.5) is 5.69 Å². The Morgan fingerprint density at radius 1 is 1.43 bits per heavy atom. The van der Waals surface area contributed by atoms with Crippen LogP contribution in [0.1, 0.15) is 30.6 Å². The number of likely N-dealkylation sites (tertiary alicyclic amines) is 1.